The van der Waals surface area contributed by atoms with Crippen molar-refractivity contribution < 1.29 is 18.3 Å². The topological polar surface area (TPSA) is 90.7 Å². The van der Waals surface area contributed by atoms with Gasteiger partial charge in [0, 0.05) is 5.56 Å². The van der Waals surface area contributed by atoms with E-state index in [-0.39, 0.29) is 30.2 Å². The molecule has 4 N–H and O–H groups in total. The van der Waals surface area contributed by atoms with E-state index >= 15 is 0 Å². The molecule has 2 rings (SSSR count). The Balaban J connectivity index is 2.54. The highest BCUT2D eigenvalue weighted by Crippen LogP contribution is 2.35. The van der Waals surface area contributed by atoms with Crippen LogP contribution in [0, 0.1) is 0 Å². The summed E-state index contributed by atoms with van der Waals surface area (Å²) in [5.74, 6) is -0.698. The van der Waals surface area contributed by atoms with Crippen molar-refractivity contribution in [1.82, 2.24) is 0 Å². The Morgan fingerprint density at radius 1 is 1.47 bits per heavy atom. The van der Waals surface area contributed by atoms with Crippen LogP contribution < -0.4 is 11.5 Å². The number of carbonyl (C=O) groups is 1. The zero-order valence-electron chi connectivity index (χ0n) is 9.98. The Morgan fingerprint density at radius 3 is 2.79 bits per heavy atom. The maximum Gasteiger partial charge on any atom is 0.269 e. The molecule has 0 fully saturated rings. The summed E-state index contributed by atoms with van der Waals surface area (Å²) in [4.78, 5) is 15.0. The van der Waals surface area contributed by atoms with Crippen molar-refractivity contribution in [3.63, 3.8) is 0 Å². The molecule has 1 aliphatic rings. The molecule has 1 aromatic carbocycles. The van der Waals surface area contributed by atoms with Crippen LogP contribution in [0.25, 0.3) is 0 Å². The van der Waals surface area contributed by atoms with Crippen molar-refractivity contribution in [3.05, 3.63) is 35.4 Å². The van der Waals surface area contributed by atoms with Gasteiger partial charge in [-0.3, -0.25) is 9.79 Å². The summed E-state index contributed by atoms with van der Waals surface area (Å²) >= 11 is 0. The van der Waals surface area contributed by atoms with E-state index in [4.69, 9.17) is 16.2 Å². The van der Waals surface area contributed by atoms with Crippen molar-refractivity contribution in [1.29, 1.82) is 0 Å². The van der Waals surface area contributed by atoms with Gasteiger partial charge in [0.2, 0.25) is 5.91 Å². The summed E-state index contributed by atoms with van der Waals surface area (Å²) < 4.78 is 31.9. The molecular formula is C12H13F2N3O2. The maximum atomic E-state index is 13.4. The lowest BCUT2D eigenvalue weighted by atomic mass is 9.89. The fourth-order valence-electron chi connectivity index (χ4n) is 1.96. The second-order valence-electron chi connectivity index (χ2n) is 4.27. The van der Waals surface area contributed by atoms with Gasteiger partial charge < -0.3 is 16.2 Å². The lowest BCUT2D eigenvalue weighted by Crippen LogP contribution is -2.44. The van der Waals surface area contributed by atoms with Crippen molar-refractivity contribution >= 4 is 11.7 Å². The van der Waals surface area contributed by atoms with E-state index in [0.29, 0.717) is 0 Å². The summed E-state index contributed by atoms with van der Waals surface area (Å²) in [7, 11) is 0. The van der Waals surface area contributed by atoms with E-state index in [2.05, 4.69) is 4.99 Å². The van der Waals surface area contributed by atoms with Gasteiger partial charge in [-0.05, 0) is 17.7 Å². The number of nitrogens with two attached hydrogens (primary N) is 2. The van der Waals surface area contributed by atoms with Gasteiger partial charge in [-0.25, -0.2) is 8.78 Å². The zero-order valence-corrected chi connectivity index (χ0v) is 9.98. The average Bonchev–Trinajstić information content (AvgIpc) is 2.38. The number of alkyl halides is 2. The normalized spacial score (nSPS) is 23.2. The highest BCUT2D eigenvalue weighted by molar-refractivity contribution is 5.93. The van der Waals surface area contributed by atoms with Gasteiger partial charge in [-0.15, -0.1) is 0 Å². The molecule has 1 atom stereocenters. The SMILES string of the molecule is NC(=O)c1cccc(C2(C(F)F)COCC(N)=N2)c1. The average molecular weight is 269 g/mol. The number of halogens is 2. The van der Waals surface area contributed by atoms with Crippen LogP contribution >= 0.6 is 0 Å². The number of ether oxygens (including phenoxy) is 1. The molecule has 7 heteroatoms. The summed E-state index contributed by atoms with van der Waals surface area (Å²) in [5, 5.41) is 0. The summed E-state index contributed by atoms with van der Waals surface area (Å²) in [6.45, 7) is -0.280. The Morgan fingerprint density at radius 2 is 2.21 bits per heavy atom. The number of amidine groups is 1. The third kappa shape index (κ3) is 2.41. The minimum absolute atomic E-state index is 0.00368. The number of hydrogen-bond donors (Lipinski definition) is 2. The Kier molecular flexibility index (Phi) is 3.48. The van der Waals surface area contributed by atoms with Gasteiger partial charge in [-0.1, -0.05) is 12.1 Å². The molecular weight excluding hydrogens is 256 g/mol. The molecule has 0 spiro atoms. The Labute approximate surface area is 108 Å². The van der Waals surface area contributed by atoms with Gasteiger partial charge in [0.15, 0.2) is 5.54 Å². The molecule has 102 valence electrons. The van der Waals surface area contributed by atoms with E-state index in [1.807, 2.05) is 0 Å². The van der Waals surface area contributed by atoms with Crippen LogP contribution in [-0.2, 0) is 10.3 Å². The first-order chi connectivity index (χ1) is 8.95. The second kappa shape index (κ2) is 4.93. The predicted octanol–water partition coefficient (Wildman–Crippen LogP) is 0.633. The largest absolute Gasteiger partial charge is 0.385 e. The van der Waals surface area contributed by atoms with Crippen molar-refractivity contribution in [2.75, 3.05) is 13.2 Å². The number of nitrogens with zero attached hydrogens (tertiary/aromatic N) is 1. The first kappa shape index (κ1) is 13.4. The number of rotatable bonds is 3. The first-order valence-corrected chi connectivity index (χ1v) is 5.56. The van der Waals surface area contributed by atoms with Gasteiger partial charge >= 0.3 is 0 Å². The smallest absolute Gasteiger partial charge is 0.269 e. The highest BCUT2D eigenvalue weighted by atomic mass is 19.3. The fraction of sp³-hybridized carbons (Fsp3) is 0.333. The molecule has 1 heterocycles. The monoisotopic (exact) mass is 269 g/mol. The van der Waals surface area contributed by atoms with Crippen LogP contribution in [0.15, 0.2) is 29.3 Å². The lowest BCUT2D eigenvalue weighted by Gasteiger charge is -2.33. The van der Waals surface area contributed by atoms with Crippen molar-refractivity contribution in [2.45, 2.75) is 12.0 Å². The fourth-order valence-corrected chi connectivity index (χ4v) is 1.96. The van der Waals surface area contributed by atoms with Gasteiger partial charge in [-0.2, -0.15) is 0 Å². The molecule has 0 radical (unpaired) electrons. The second-order valence-corrected chi connectivity index (χ2v) is 4.27. The quantitative estimate of drug-likeness (QED) is 0.843. The van der Waals surface area contributed by atoms with E-state index in [1.54, 1.807) is 0 Å². The van der Waals surface area contributed by atoms with Gasteiger partial charge in [0.05, 0.1) is 6.61 Å². The predicted molar refractivity (Wildman–Crippen MR) is 65.1 cm³/mol. The molecule has 1 amide bonds. The molecule has 0 saturated heterocycles. The number of amides is 1. The molecule has 0 saturated carbocycles. The number of primary amides is 1. The molecule has 0 bridgehead atoms. The summed E-state index contributed by atoms with van der Waals surface area (Å²) in [5.41, 5.74) is 9.03. The summed E-state index contributed by atoms with van der Waals surface area (Å²) in [6, 6.07) is 5.66. The van der Waals surface area contributed by atoms with Crippen molar-refractivity contribution in [3.8, 4) is 0 Å². The molecule has 1 unspecified atom stereocenters. The molecule has 1 aliphatic heterocycles. The van der Waals surface area contributed by atoms with Crippen molar-refractivity contribution in [2.24, 2.45) is 16.5 Å². The molecule has 5 nitrogen and oxygen atoms in total. The zero-order chi connectivity index (χ0) is 14.0. The van der Waals surface area contributed by atoms with Gasteiger partial charge in [0.1, 0.15) is 12.4 Å². The number of aliphatic imine (C=N–C) groups is 1. The minimum atomic E-state index is -2.81. The number of carbonyl (C=O) groups excluding carboxylic acids is 1. The van der Waals surface area contributed by atoms with E-state index in [1.165, 1.54) is 24.3 Å². The van der Waals surface area contributed by atoms with Crippen LogP contribution in [0.1, 0.15) is 15.9 Å². The van der Waals surface area contributed by atoms with Gasteiger partial charge in [0.25, 0.3) is 6.43 Å². The molecule has 1 aromatic rings. The molecule has 0 aliphatic carbocycles. The van der Waals surface area contributed by atoms with Crippen LogP contribution in [0.5, 0.6) is 0 Å². The van der Waals surface area contributed by atoms with E-state index < -0.39 is 17.9 Å². The lowest BCUT2D eigenvalue weighted by molar-refractivity contribution is -0.0129. The third-order valence-electron chi connectivity index (χ3n) is 2.92. The Hall–Kier alpha value is -2.02. The Bertz CT molecular complexity index is 533. The van der Waals surface area contributed by atoms with Crippen LogP contribution in [0.3, 0.4) is 0 Å². The first-order valence-electron chi connectivity index (χ1n) is 5.56. The van der Waals surface area contributed by atoms with Crippen LogP contribution in [0.2, 0.25) is 0 Å². The summed E-state index contributed by atoms with van der Waals surface area (Å²) in [6.07, 6.45) is -2.81. The standard InChI is InChI=1S/C12H13F2N3O2/c13-11(14)12(6-19-5-9(15)17-12)8-3-1-2-7(4-8)10(16)18/h1-4,11H,5-6H2,(H2,15,17)(H2,16,18). The number of hydrogen-bond acceptors (Lipinski definition) is 4. The molecule has 19 heavy (non-hydrogen) atoms. The van der Waals surface area contributed by atoms with Crippen LogP contribution in [-0.4, -0.2) is 31.4 Å². The molecule has 0 aromatic heterocycles. The van der Waals surface area contributed by atoms with E-state index in [0.717, 1.165) is 0 Å². The number of benzene rings is 1. The maximum absolute atomic E-state index is 13.4. The third-order valence-corrected chi connectivity index (χ3v) is 2.92. The highest BCUT2D eigenvalue weighted by Gasteiger charge is 2.44. The van der Waals surface area contributed by atoms with E-state index in [9.17, 15) is 13.6 Å². The minimum Gasteiger partial charge on any atom is -0.385 e. The van der Waals surface area contributed by atoms with Crippen LogP contribution in [0.4, 0.5) is 8.78 Å².